The number of hydrogen-bond donors (Lipinski definition) is 2. The number of nitrogens with two attached hydrogens (primary N) is 1. The van der Waals surface area contributed by atoms with Gasteiger partial charge in [-0.15, -0.1) is 0 Å². The second-order valence-corrected chi connectivity index (χ2v) is 12.3. The van der Waals surface area contributed by atoms with Gasteiger partial charge in [0.25, 0.3) is 0 Å². The maximum Gasteiger partial charge on any atom is 0.415 e. The molecule has 0 bridgehead atoms. The molecule has 9 nitrogen and oxygen atoms in total. The maximum atomic E-state index is 14.0. The molecule has 2 amide bonds. The first kappa shape index (κ1) is 33.7. The van der Waals surface area contributed by atoms with Crippen molar-refractivity contribution < 1.29 is 23.9 Å². The van der Waals surface area contributed by atoms with E-state index in [0.29, 0.717) is 36.2 Å². The first-order chi connectivity index (χ1) is 21.2. The summed E-state index contributed by atoms with van der Waals surface area (Å²) in [5.41, 5.74) is 9.48. The Hall–Kier alpha value is -3.14. The number of hydrogen-bond acceptors (Lipinski definition) is 7. The van der Waals surface area contributed by atoms with Crippen molar-refractivity contribution in [1.82, 2.24) is 15.1 Å². The van der Waals surface area contributed by atoms with Crippen molar-refractivity contribution >= 4 is 29.4 Å². The molecule has 2 fully saturated rings. The van der Waals surface area contributed by atoms with Crippen LogP contribution >= 0.6 is 11.6 Å². The number of methoxy groups -OCH3 is 1. The number of carbonyl (C=O) groups excluding carboxylic acids is 3. The summed E-state index contributed by atoms with van der Waals surface area (Å²) in [6, 6.07) is 8.42. The third-order valence-corrected chi connectivity index (χ3v) is 9.56. The highest BCUT2D eigenvalue weighted by Gasteiger charge is 2.39. The Morgan fingerprint density at radius 1 is 1.07 bits per heavy atom. The SMILES string of the molecule is CC[C@@H](NC1CCCCC1)C(=O)N1CCN(C(=O)Oc2ccc(C)c(C)c2Cl)C[C@H]1C(=O)CCc1ccc(CN)c(OC)c1. The average molecular weight is 627 g/mol. The molecule has 1 aliphatic heterocycles. The predicted octanol–water partition coefficient (Wildman–Crippen LogP) is 5.34. The average Bonchev–Trinajstić information content (AvgIpc) is 3.05. The van der Waals surface area contributed by atoms with Crippen LogP contribution in [0.3, 0.4) is 0 Å². The molecule has 0 aromatic heterocycles. The molecule has 2 aliphatic rings. The highest BCUT2D eigenvalue weighted by atomic mass is 35.5. The molecular weight excluding hydrogens is 580 g/mol. The minimum absolute atomic E-state index is 0.0567. The topological polar surface area (TPSA) is 114 Å². The summed E-state index contributed by atoms with van der Waals surface area (Å²) in [5, 5.41) is 3.96. The standard InChI is InChI=1S/C34H47ClN4O5/c1-5-27(37-26-9-7-6-8-10-26)33(41)39-18-17-38(34(42)44-30-16-11-22(2)23(3)32(30)35)21-28(39)29(40)15-13-24-12-14-25(20-36)31(19-24)43-4/h11-12,14,16,19,26-28,37H,5-10,13,15,17-18,20-21,36H2,1-4H3/t27-,28+/m1/s1. The lowest BCUT2D eigenvalue weighted by atomic mass is 9.94. The molecule has 0 spiro atoms. The molecule has 4 rings (SSSR count). The first-order valence-corrected chi connectivity index (χ1v) is 16.2. The van der Waals surface area contributed by atoms with Crippen molar-refractivity contribution in [2.24, 2.45) is 5.73 Å². The summed E-state index contributed by atoms with van der Waals surface area (Å²) in [4.78, 5) is 44.3. The van der Waals surface area contributed by atoms with Gasteiger partial charge < -0.3 is 30.3 Å². The van der Waals surface area contributed by atoms with Gasteiger partial charge in [0.2, 0.25) is 5.91 Å². The van der Waals surface area contributed by atoms with Gasteiger partial charge in [-0.2, -0.15) is 0 Å². The Bertz CT molecular complexity index is 1330. The molecule has 2 aromatic rings. The molecule has 1 aliphatic carbocycles. The smallest absolute Gasteiger partial charge is 0.415 e. The second kappa shape index (κ2) is 15.7. The molecule has 44 heavy (non-hydrogen) atoms. The molecule has 2 aromatic carbocycles. The van der Waals surface area contributed by atoms with Crippen molar-refractivity contribution in [3.05, 3.63) is 57.6 Å². The monoisotopic (exact) mass is 626 g/mol. The van der Waals surface area contributed by atoms with Gasteiger partial charge in [-0.25, -0.2) is 4.79 Å². The number of rotatable bonds is 11. The number of Topliss-reactive ketones (excluding diaryl/α,β-unsaturated/α-hetero) is 1. The Balaban J connectivity index is 1.51. The van der Waals surface area contributed by atoms with E-state index in [-0.39, 0.29) is 49.5 Å². The number of nitrogens with one attached hydrogen (secondary N) is 1. The Morgan fingerprint density at radius 3 is 2.50 bits per heavy atom. The lowest BCUT2D eigenvalue weighted by Crippen LogP contribution is -2.63. The molecule has 1 heterocycles. The predicted molar refractivity (Wildman–Crippen MR) is 172 cm³/mol. The van der Waals surface area contributed by atoms with Gasteiger partial charge >= 0.3 is 6.09 Å². The van der Waals surface area contributed by atoms with Crippen LogP contribution in [0.2, 0.25) is 5.02 Å². The largest absolute Gasteiger partial charge is 0.496 e. The highest BCUT2D eigenvalue weighted by Crippen LogP contribution is 2.31. The van der Waals surface area contributed by atoms with Crippen LogP contribution in [0.1, 0.15) is 74.1 Å². The lowest BCUT2D eigenvalue weighted by molar-refractivity contribution is -0.144. The summed E-state index contributed by atoms with van der Waals surface area (Å²) in [6.45, 7) is 6.72. The van der Waals surface area contributed by atoms with Crippen LogP contribution < -0.4 is 20.5 Å². The summed E-state index contributed by atoms with van der Waals surface area (Å²) in [5.74, 6) is 0.772. The normalized spacial score (nSPS) is 18.2. The summed E-state index contributed by atoms with van der Waals surface area (Å²) >= 11 is 6.47. The number of piperazine rings is 1. The zero-order valence-electron chi connectivity index (χ0n) is 26.5. The van der Waals surface area contributed by atoms with E-state index in [0.717, 1.165) is 47.9 Å². The van der Waals surface area contributed by atoms with Crippen LogP contribution in [0.15, 0.2) is 30.3 Å². The van der Waals surface area contributed by atoms with Crippen LogP contribution in [0, 0.1) is 13.8 Å². The van der Waals surface area contributed by atoms with Gasteiger partial charge in [0.1, 0.15) is 11.8 Å². The van der Waals surface area contributed by atoms with E-state index in [1.165, 1.54) is 11.3 Å². The van der Waals surface area contributed by atoms with E-state index in [1.807, 2.05) is 45.0 Å². The molecule has 1 saturated carbocycles. The molecule has 3 N–H and O–H groups in total. The van der Waals surface area contributed by atoms with E-state index < -0.39 is 12.1 Å². The molecule has 2 atom stereocenters. The number of carbonyl (C=O) groups is 3. The molecule has 240 valence electrons. The minimum atomic E-state index is -0.786. The van der Waals surface area contributed by atoms with E-state index in [1.54, 1.807) is 18.1 Å². The Morgan fingerprint density at radius 2 is 1.82 bits per heavy atom. The number of benzene rings is 2. The zero-order chi connectivity index (χ0) is 31.8. The van der Waals surface area contributed by atoms with E-state index in [2.05, 4.69) is 5.32 Å². The van der Waals surface area contributed by atoms with Crippen molar-refractivity contribution in [2.75, 3.05) is 26.7 Å². The Labute approximate surface area is 266 Å². The van der Waals surface area contributed by atoms with E-state index in [9.17, 15) is 14.4 Å². The second-order valence-electron chi connectivity index (χ2n) is 12.0. The van der Waals surface area contributed by atoms with Crippen LogP contribution in [0.5, 0.6) is 11.5 Å². The van der Waals surface area contributed by atoms with E-state index in [4.69, 9.17) is 26.8 Å². The molecule has 0 unspecified atom stereocenters. The summed E-state index contributed by atoms with van der Waals surface area (Å²) in [6.07, 6.45) is 6.37. The first-order valence-electron chi connectivity index (χ1n) is 15.8. The fourth-order valence-corrected chi connectivity index (χ4v) is 6.40. The third kappa shape index (κ3) is 8.11. The maximum absolute atomic E-state index is 14.0. The van der Waals surface area contributed by atoms with Crippen LogP contribution in [-0.2, 0) is 22.6 Å². The number of halogens is 1. The van der Waals surface area contributed by atoms with Crippen LogP contribution in [0.4, 0.5) is 4.79 Å². The van der Waals surface area contributed by atoms with Crippen molar-refractivity contribution in [3.8, 4) is 11.5 Å². The summed E-state index contributed by atoms with van der Waals surface area (Å²) < 4.78 is 11.2. The van der Waals surface area contributed by atoms with E-state index >= 15 is 0 Å². The number of aryl methyl sites for hydroxylation is 2. The van der Waals surface area contributed by atoms with Gasteiger partial charge in [0.15, 0.2) is 11.5 Å². The number of nitrogens with zero attached hydrogens (tertiary/aromatic N) is 2. The number of amides is 2. The fourth-order valence-electron chi connectivity index (χ4n) is 6.15. The van der Waals surface area contributed by atoms with Gasteiger partial charge in [-0.3, -0.25) is 9.59 Å². The quantitative estimate of drug-likeness (QED) is 0.346. The van der Waals surface area contributed by atoms with Gasteiger partial charge in [0, 0.05) is 37.7 Å². The van der Waals surface area contributed by atoms with Crippen molar-refractivity contribution in [1.29, 1.82) is 0 Å². The van der Waals surface area contributed by atoms with Gasteiger partial charge in [-0.05, 0) is 68.4 Å². The molecule has 1 saturated heterocycles. The zero-order valence-corrected chi connectivity index (χ0v) is 27.3. The molecular formula is C34H47ClN4O5. The van der Waals surface area contributed by atoms with Crippen molar-refractivity contribution in [2.45, 2.75) is 96.8 Å². The number of ketones is 1. The number of ether oxygens (including phenoxy) is 2. The van der Waals surface area contributed by atoms with Crippen LogP contribution in [-0.4, -0.2) is 72.5 Å². The fraction of sp³-hybridized carbons (Fsp3) is 0.559. The Kier molecular flexibility index (Phi) is 12.1. The lowest BCUT2D eigenvalue weighted by Gasteiger charge is -2.42. The van der Waals surface area contributed by atoms with Crippen molar-refractivity contribution in [3.63, 3.8) is 0 Å². The van der Waals surface area contributed by atoms with Crippen LogP contribution in [0.25, 0.3) is 0 Å². The summed E-state index contributed by atoms with van der Waals surface area (Å²) in [7, 11) is 1.60. The molecule has 10 heteroatoms. The molecule has 0 radical (unpaired) electrons. The van der Waals surface area contributed by atoms with Gasteiger partial charge in [0.05, 0.1) is 24.7 Å². The van der Waals surface area contributed by atoms with Gasteiger partial charge in [-0.1, -0.05) is 56.0 Å². The minimum Gasteiger partial charge on any atom is -0.496 e. The highest BCUT2D eigenvalue weighted by molar-refractivity contribution is 6.33. The third-order valence-electron chi connectivity index (χ3n) is 9.09.